The number of nitrogens with zero attached hydrogens (tertiary/aromatic N) is 2. The van der Waals surface area contributed by atoms with Crippen molar-refractivity contribution in [1.29, 1.82) is 0 Å². The highest BCUT2D eigenvalue weighted by Crippen LogP contribution is 2.46. The van der Waals surface area contributed by atoms with Gasteiger partial charge in [0.2, 0.25) is 11.9 Å². The van der Waals surface area contributed by atoms with Gasteiger partial charge in [0.15, 0.2) is 0 Å². The smallest absolute Gasteiger partial charge is 0.406 e. The molecule has 1 aromatic heterocycles. The monoisotopic (exact) mass is 486 g/mol. The minimum atomic E-state index is -4.74. The van der Waals surface area contributed by atoms with Gasteiger partial charge in [-0.25, -0.2) is 4.98 Å². The van der Waals surface area contributed by atoms with Crippen LogP contribution in [0.4, 0.5) is 24.8 Å². The molecule has 0 radical (unpaired) electrons. The van der Waals surface area contributed by atoms with Crippen LogP contribution in [0.15, 0.2) is 48.5 Å². The molecule has 1 aliphatic rings. The maximum absolute atomic E-state index is 12.5. The third-order valence-corrected chi connectivity index (χ3v) is 6.23. The lowest BCUT2D eigenvalue weighted by Crippen LogP contribution is -2.29. The van der Waals surface area contributed by atoms with Crippen LogP contribution in [-0.2, 0) is 4.79 Å². The first-order valence-corrected chi connectivity index (χ1v) is 11.5. The highest BCUT2D eigenvalue weighted by atomic mass is 19.4. The first kappa shape index (κ1) is 24.6. The Bertz CT molecular complexity index is 1250. The van der Waals surface area contributed by atoms with E-state index >= 15 is 0 Å². The van der Waals surface area contributed by atoms with Crippen molar-refractivity contribution >= 4 is 34.7 Å². The molecule has 3 N–H and O–H groups in total. The van der Waals surface area contributed by atoms with Crippen molar-refractivity contribution in [3.63, 3.8) is 0 Å². The molecule has 4 rings (SSSR count). The number of nitrogens with one attached hydrogen (secondary N) is 1. The average Bonchev–Trinajstić information content (AvgIpc) is 3.08. The standard InChI is InChI=1S/C26H29F3N4O2/c1-16-12-19(15-25(2,3)14-16)33-22-10-4-17(5-11-23(30)34)13-21(22)32-24(33)31-18-6-8-20(9-7-18)35-26(27,28)29/h4-11,13,16,19H,12,14-15H2,1-3H3,(H2,30,34)(H,31,32)/b11-5+/t16-,19+/m1/s1. The molecule has 1 heterocycles. The highest BCUT2D eigenvalue weighted by molar-refractivity contribution is 5.91. The molecule has 1 aliphatic carbocycles. The number of carbonyl (C=O) groups is 1. The maximum Gasteiger partial charge on any atom is 0.573 e. The molecule has 1 amide bonds. The normalized spacial score (nSPS) is 20.3. The molecule has 1 saturated carbocycles. The van der Waals surface area contributed by atoms with Crippen LogP contribution >= 0.6 is 0 Å². The number of imidazole rings is 1. The molecule has 9 heteroatoms. The van der Waals surface area contributed by atoms with Gasteiger partial charge < -0.3 is 20.4 Å². The van der Waals surface area contributed by atoms with Crippen molar-refractivity contribution < 1.29 is 22.7 Å². The number of ether oxygens (including phenoxy) is 1. The number of fused-ring (bicyclic) bond motifs is 1. The number of aromatic nitrogens is 2. The fraction of sp³-hybridized carbons (Fsp3) is 0.385. The summed E-state index contributed by atoms with van der Waals surface area (Å²) in [5.41, 5.74) is 8.45. The van der Waals surface area contributed by atoms with Crippen LogP contribution in [-0.4, -0.2) is 21.8 Å². The predicted molar refractivity (Wildman–Crippen MR) is 130 cm³/mol. The van der Waals surface area contributed by atoms with Gasteiger partial charge in [0.05, 0.1) is 11.0 Å². The molecule has 0 saturated heterocycles. The molecule has 1 fully saturated rings. The van der Waals surface area contributed by atoms with Crippen molar-refractivity contribution in [1.82, 2.24) is 9.55 Å². The number of hydrogen-bond acceptors (Lipinski definition) is 4. The third kappa shape index (κ3) is 6.15. The second kappa shape index (κ2) is 9.28. The van der Waals surface area contributed by atoms with E-state index in [4.69, 9.17) is 10.7 Å². The molecule has 3 aromatic rings. The summed E-state index contributed by atoms with van der Waals surface area (Å²) in [6, 6.07) is 11.5. The summed E-state index contributed by atoms with van der Waals surface area (Å²) in [4.78, 5) is 15.9. The third-order valence-electron chi connectivity index (χ3n) is 6.23. The molecule has 35 heavy (non-hydrogen) atoms. The van der Waals surface area contributed by atoms with Gasteiger partial charge in [-0.3, -0.25) is 4.79 Å². The highest BCUT2D eigenvalue weighted by Gasteiger charge is 2.35. The molecule has 2 atom stereocenters. The fourth-order valence-electron chi connectivity index (χ4n) is 5.22. The van der Waals surface area contributed by atoms with Crippen LogP contribution in [0.5, 0.6) is 5.75 Å². The Kier molecular flexibility index (Phi) is 6.53. The largest absolute Gasteiger partial charge is 0.573 e. The van der Waals surface area contributed by atoms with E-state index in [0.29, 0.717) is 17.6 Å². The Morgan fingerprint density at radius 1 is 1.20 bits per heavy atom. The molecule has 0 unspecified atom stereocenters. The molecular formula is C26H29F3N4O2. The number of primary amides is 1. The summed E-state index contributed by atoms with van der Waals surface area (Å²) in [6.45, 7) is 6.80. The second-order valence-electron chi connectivity index (χ2n) is 10.1. The van der Waals surface area contributed by atoms with E-state index in [0.717, 1.165) is 35.9 Å². The van der Waals surface area contributed by atoms with Crippen molar-refractivity contribution in [2.75, 3.05) is 5.32 Å². The van der Waals surface area contributed by atoms with Gasteiger partial charge >= 0.3 is 6.36 Å². The fourth-order valence-corrected chi connectivity index (χ4v) is 5.22. The van der Waals surface area contributed by atoms with E-state index in [-0.39, 0.29) is 17.2 Å². The second-order valence-corrected chi connectivity index (χ2v) is 10.1. The van der Waals surface area contributed by atoms with Gasteiger partial charge in [-0.05, 0) is 78.6 Å². The zero-order valence-electron chi connectivity index (χ0n) is 19.9. The van der Waals surface area contributed by atoms with E-state index in [1.54, 1.807) is 6.08 Å². The molecule has 0 spiro atoms. The van der Waals surface area contributed by atoms with Crippen molar-refractivity contribution in [3.8, 4) is 5.75 Å². The average molecular weight is 487 g/mol. The van der Waals surface area contributed by atoms with Crippen LogP contribution in [0, 0.1) is 11.3 Å². The lowest BCUT2D eigenvalue weighted by Gasteiger charge is -2.40. The van der Waals surface area contributed by atoms with Crippen LogP contribution in [0.2, 0.25) is 0 Å². The Morgan fingerprint density at radius 2 is 1.91 bits per heavy atom. The van der Waals surface area contributed by atoms with E-state index in [9.17, 15) is 18.0 Å². The summed E-state index contributed by atoms with van der Waals surface area (Å²) in [5, 5.41) is 3.28. The lowest BCUT2D eigenvalue weighted by atomic mass is 9.70. The van der Waals surface area contributed by atoms with Gasteiger partial charge in [0, 0.05) is 17.8 Å². The number of rotatable bonds is 6. The molecule has 2 aromatic carbocycles. The Morgan fingerprint density at radius 3 is 2.54 bits per heavy atom. The number of carbonyl (C=O) groups excluding carboxylic acids is 1. The summed E-state index contributed by atoms with van der Waals surface area (Å²) in [5.74, 6) is 0.320. The van der Waals surface area contributed by atoms with Crippen molar-refractivity contribution in [3.05, 3.63) is 54.1 Å². The summed E-state index contributed by atoms with van der Waals surface area (Å²) < 4.78 is 43.7. The zero-order chi connectivity index (χ0) is 25.4. The van der Waals surface area contributed by atoms with E-state index in [2.05, 4.69) is 35.4 Å². The van der Waals surface area contributed by atoms with Crippen molar-refractivity contribution in [2.24, 2.45) is 17.1 Å². The Hall–Kier alpha value is -3.49. The number of anilines is 2. The van der Waals surface area contributed by atoms with Gasteiger partial charge in [-0.15, -0.1) is 13.2 Å². The van der Waals surface area contributed by atoms with Gasteiger partial charge in [0.1, 0.15) is 5.75 Å². The minimum absolute atomic E-state index is 0.164. The van der Waals surface area contributed by atoms with E-state index in [1.807, 2.05) is 18.2 Å². The number of alkyl halides is 3. The predicted octanol–water partition coefficient (Wildman–Crippen LogP) is 6.56. The summed E-state index contributed by atoms with van der Waals surface area (Å²) >= 11 is 0. The van der Waals surface area contributed by atoms with Crippen LogP contribution in [0.3, 0.4) is 0 Å². The van der Waals surface area contributed by atoms with E-state index < -0.39 is 12.3 Å². The summed E-state index contributed by atoms with van der Waals surface area (Å²) in [6.07, 6.45) is 1.30. The van der Waals surface area contributed by atoms with Crippen LogP contribution in [0.1, 0.15) is 51.6 Å². The zero-order valence-corrected chi connectivity index (χ0v) is 19.9. The molecule has 0 bridgehead atoms. The van der Waals surface area contributed by atoms with Gasteiger partial charge in [0.25, 0.3) is 0 Å². The Balaban J connectivity index is 1.73. The van der Waals surface area contributed by atoms with E-state index in [1.165, 1.54) is 30.3 Å². The molecule has 186 valence electrons. The first-order chi connectivity index (χ1) is 16.4. The van der Waals surface area contributed by atoms with Crippen molar-refractivity contribution in [2.45, 2.75) is 52.4 Å². The van der Waals surface area contributed by atoms with Crippen LogP contribution < -0.4 is 15.8 Å². The van der Waals surface area contributed by atoms with Gasteiger partial charge in [-0.2, -0.15) is 0 Å². The molecule has 6 nitrogen and oxygen atoms in total. The van der Waals surface area contributed by atoms with Crippen LogP contribution in [0.25, 0.3) is 17.1 Å². The number of benzene rings is 2. The quantitative estimate of drug-likeness (QED) is 0.387. The topological polar surface area (TPSA) is 82.2 Å². The number of nitrogens with two attached hydrogens (primary N) is 1. The number of hydrogen-bond donors (Lipinski definition) is 2. The minimum Gasteiger partial charge on any atom is -0.406 e. The Labute approximate surface area is 202 Å². The lowest BCUT2D eigenvalue weighted by molar-refractivity contribution is -0.274. The first-order valence-electron chi connectivity index (χ1n) is 11.5. The summed E-state index contributed by atoms with van der Waals surface area (Å²) in [7, 11) is 0. The number of amides is 1. The SMILES string of the molecule is C[C@@H]1C[C@H](n2c(Nc3ccc(OC(F)(F)F)cc3)nc3cc(/C=C/C(N)=O)ccc32)CC(C)(C)C1. The van der Waals surface area contributed by atoms with Gasteiger partial charge in [-0.1, -0.05) is 26.8 Å². The maximum atomic E-state index is 12.5. The number of halogens is 3. The molecule has 0 aliphatic heterocycles. The molecular weight excluding hydrogens is 457 g/mol.